The van der Waals surface area contributed by atoms with Crippen LogP contribution < -0.4 is 0 Å². The fourth-order valence-corrected chi connectivity index (χ4v) is 2.75. The molecule has 0 radical (unpaired) electrons. The molecule has 0 unspecified atom stereocenters. The van der Waals surface area contributed by atoms with Gasteiger partial charge in [-0.2, -0.15) is 0 Å². The van der Waals surface area contributed by atoms with Crippen molar-refractivity contribution < 1.29 is 14.7 Å². The third-order valence-corrected chi connectivity index (χ3v) is 4.01. The van der Waals surface area contributed by atoms with Gasteiger partial charge in [0, 0.05) is 12.0 Å². The highest BCUT2D eigenvalue weighted by Gasteiger charge is 2.40. The summed E-state index contributed by atoms with van der Waals surface area (Å²) >= 11 is 0. The number of carbonyl (C=O) groups is 2. The van der Waals surface area contributed by atoms with Crippen LogP contribution in [-0.2, 0) is 9.59 Å². The Bertz CT molecular complexity index is 317. The normalized spacial score (nSPS) is 22.4. The number of amides is 1. The van der Waals surface area contributed by atoms with Crippen LogP contribution in [0.2, 0.25) is 0 Å². The minimum Gasteiger partial charge on any atom is -0.480 e. The van der Waals surface area contributed by atoms with E-state index in [-0.39, 0.29) is 17.9 Å². The van der Waals surface area contributed by atoms with Crippen molar-refractivity contribution in [3.05, 3.63) is 0 Å². The first kappa shape index (κ1) is 12.4. The van der Waals surface area contributed by atoms with Crippen molar-refractivity contribution in [2.45, 2.75) is 45.4 Å². The average Bonchev–Trinajstić information content (AvgIpc) is 2.96. The Morgan fingerprint density at radius 3 is 2.35 bits per heavy atom. The molecule has 2 aliphatic carbocycles. The van der Waals surface area contributed by atoms with E-state index in [0.29, 0.717) is 12.5 Å². The number of carbonyl (C=O) groups excluding carboxylic acids is 1. The lowest BCUT2D eigenvalue weighted by molar-refractivity contribution is -0.149. The van der Waals surface area contributed by atoms with Gasteiger partial charge in [0.15, 0.2) is 0 Å². The van der Waals surface area contributed by atoms with Gasteiger partial charge in [-0.15, -0.1) is 0 Å². The summed E-state index contributed by atoms with van der Waals surface area (Å²) in [5.74, 6) is -0.298. The van der Waals surface area contributed by atoms with Crippen molar-refractivity contribution in [1.82, 2.24) is 4.90 Å². The molecule has 2 aliphatic rings. The van der Waals surface area contributed by atoms with Crippen molar-refractivity contribution >= 4 is 11.9 Å². The first-order valence-electron chi connectivity index (χ1n) is 6.52. The van der Waals surface area contributed by atoms with Crippen molar-refractivity contribution in [2.24, 2.45) is 11.3 Å². The molecule has 4 nitrogen and oxygen atoms in total. The summed E-state index contributed by atoms with van der Waals surface area (Å²) in [7, 11) is 0. The molecule has 0 heterocycles. The molecule has 2 fully saturated rings. The molecule has 0 atom stereocenters. The quantitative estimate of drug-likeness (QED) is 0.797. The van der Waals surface area contributed by atoms with E-state index < -0.39 is 5.97 Å². The smallest absolute Gasteiger partial charge is 0.323 e. The van der Waals surface area contributed by atoms with Gasteiger partial charge in [-0.25, -0.2) is 0 Å². The number of hydrogen-bond acceptors (Lipinski definition) is 2. The Morgan fingerprint density at radius 2 is 1.88 bits per heavy atom. The van der Waals surface area contributed by atoms with E-state index in [1.54, 1.807) is 4.90 Å². The maximum Gasteiger partial charge on any atom is 0.323 e. The molecule has 0 aliphatic heterocycles. The lowest BCUT2D eigenvalue weighted by Crippen LogP contribution is -2.44. The molecule has 1 amide bonds. The largest absolute Gasteiger partial charge is 0.480 e. The topological polar surface area (TPSA) is 57.6 Å². The molecule has 2 saturated carbocycles. The summed E-state index contributed by atoms with van der Waals surface area (Å²) in [4.78, 5) is 24.8. The molecular weight excluding hydrogens is 218 g/mol. The van der Waals surface area contributed by atoms with Crippen LogP contribution in [0.4, 0.5) is 0 Å². The molecule has 17 heavy (non-hydrogen) atoms. The van der Waals surface area contributed by atoms with Gasteiger partial charge in [0.25, 0.3) is 0 Å². The maximum atomic E-state index is 12.4. The summed E-state index contributed by atoms with van der Waals surface area (Å²) < 4.78 is 0. The Labute approximate surface area is 102 Å². The van der Waals surface area contributed by atoms with Crippen LogP contribution >= 0.6 is 0 Å². The molecule has 0 saturated heterocycles. The van der Waals surface area contributed by atoms with Gasteiger partial charge in [0.2, 0.25) is 5.91 Å². The number of hydrogen-bond donors (Lipinski definition) is 1. The zero-order valence-corrected chi connectivity index (χ0v) is 10.4. The molecule has 2 rings (SSSR count). The molecule has 0 bridgehead atoms. The molecule has 0 spiro atoms. The first-order valence-corrected chi connectivity index (χ1v) is 6.52. The van der Waals surface area contributed by atoms with Crippen LogP contribution in [0.3, 0.4) is 0 Å². The van der Waals surface area contributed by atoms with E-state index in [4.69, 9.17) is 5.11 Å². The van der Waals surface area contributed by atoms with Crippen LogP contribution in [0.5, 0.6) is 0 Å². The van der Waals surface area contributed by atoms with E-state index in [1.807, 2.05) is 6.92 Å². The van der Waals surface area contributed by atoms with E-state index in [2.05, 4.69) is 0 Å². The predicted octanol–water partition coefficient (Wildman–Crippen LogP) is 1.89. The summed E-state index contributed by atoms with van der Waals surface area (Å²) in [6.07, 6.45) is 6.28. The highest BCUT2D eigenvalue weighted by Crippen LogP contribution is 2.40. The van der Waals surface area contributed by atoms with Gasteiger partial charge in [0.1, 0.15) is 6.54 Å². The van der Waals surface area contributed by atoms with Crippen molar-refractivity contribution in [1.29, 1.82) is 0 Å². The zero-order chi connectivity index (χ0) is 12.5. The van der Waals surface area contributed by atoms with Crippen LogP contribution in [0.1, 0.15) is 45.4 Å². The summed E-state index contributed by atoms with van der Waals surface area (Å²) in [5, 5.41) is 8.90. The second-order valence-electron chi connectivity index (χ2n) is 5.79. The highest BCUT2D eigenvalue weighted by molar-refractivity contribution is 5.86. The van der Waals surface area contributed by atoms with Gasteiger partial charge in [-0.3, -0.25) is 9.59 Å². The zero-order valence-electron chi connectivity index (χ0n) is 10.4. The fourth-order valence-electron chi connectivity index (χ4n) is 2.75. The molecule has 0 aromatic rings. The summed E-state index contributed by atoms with van der Waals surface area (Å²) in [6.45, 7) is 2.50. The van der Waals surface area contributed by atoms with Crippen LogP contribution in [0, 0.1) is 11.3 Å². The first-order chi connectivity index (χ1) is 8.01. The Kier molecular flexibility index (Phi) is 3.40. The fraction of sp³-hybridized carbons (Fsp3) is 0.846. The van der Waals surface area contributed by atoms with Crippen LogP contribution in [-0.4, -0.2) is 35.0 Å². The molecule has 0 aromatic heterocycles. The van der Waals surface area contributed by atoms with E-state index in [0.717, 1.165) is 38.5 Å². The Morgan fingerprint density at radius 1 is 1.29 bits per heavy atom. The molecule has 4 heteroatoms. The summed E-state index contributed by atoms with van der Waals surface area (Å²) in [6, 6.07) is 0. The van der Waals surface area contributed by atoms with Crippen molar-refractivity contribution in [2.75, 3.05) is 13.1 Å². The number of carboxylic acid groups (broad SMARTS) is 1. The molecular formula is C13H21NO3. The summed E-state index contributed by atoms with van der Waals surface area (Å²) in [5.41, 5.74) is -0.301. The number of nitrogens with zero attached hydrogens (tertiary/aromatic N) is 1. The van der Waals surface area contributed by atoms with E-state index >= 15 is 0 Å². The Hall–Kier alpha value is -1.06. The highest BCUT2D eigenvalue weighted by atomic mass is 16.4. The lowest BCUT2D eigenvalue weighted by atomic mass is 9.87. The van der Waals surface area contributed by atoms with Gasteiger partial charge in [-0.1, -0.05) is 19.8 Å². The second kappa shape index (κ2) is 4.67. The van der Waals surface area contributed by atoms with E-state index in [1.165, 1.54) is 0 Å². The minimum atomic E-state index is -0.902. The minimum absolute atomic E-state index is 0.0595. The second-order valence-corrected chi connectivity index (χ2v) is 5.79. The van der Waals surface area contributed by atoms with Crippen LogP contribution in [0.15, 0.2) is 0 Å². The number of carboxylic acids is 1. The molecule has 96 valence electrons. The third kappa shape index (κ3) is 2.99. The van der Waals surface area contributed by atoms with Gasteiger partial charge in [-0.05, 0) is 31.6 Å². The SMILES string of the molecule is CC1(C(=O)N(CC(=O)O)CC2CC2)CCCC1. The standard InChI is InChI=1S/C13H21NO3/c1-13(6-2-3-7-13)12(17)14(9-11(15)16)8-10-4-5-10/h10H,2-9H2,1H3,(H,15,16). The molecule has 1 N–H and O–H groups in total. The lowest BCUT2D eigenvalue weighted by Gasteiger charge is -2.30. The number of aliphatic carboxylic acids is 1. The average molecular weight is 239 g/mol. The van der Waals surface area contributed by atoms with Gasteiger partial charge < -0.3 is 10.0 Å². The van der Waals surface area contributed by atoms with Crippen molar-refractivity contribution in [3.63, 3.8) is 0 Å². The maximum absolute atomic E-state index is 12.4. The van der Waals surface area contributed by atoms with Crippen LogP contribution in [0.25, 0.3) is 0 Å². The predicted molar refractivity (Wildman–Crippen MR) is 63.5 cm³/mol. The van der Waals surface area contributed by atoms with Gasteiger partial charge in [0.05, 0.1) is 0 Å². The Balaban J connectivity index is 2.02. The van der Waals surface area contributed by atoms with Gasteiger partial charge >= 0.3 is 5.97 Å². The van der Waals surface area contributed by atoms with Crippen molar-refractivity contribution in [3.8, 4) is 0 Å². The monoisotopic (exact) mass is 239 g/mol. The number of rotatable bonds is 5. The third-order valence-electron chi connectivity index (χ3n) is 4.01. The molecule has 0 aromatic carbocycles. The van der Waals surface area contributed by atoms with E-state index in [9.17, 15) is 9.59 Å².